The minimum absolute atomic E-state index is 0.105. The number of unbranched alkanes of at least 4 members (excludes halogenated alkanes) is 1. The Morgan fingerprint density at radius 3 is 2.58 bits per heavy atom. The van der Waals surface area contributed by atoms with E-state index in [0.717, 1.165) is 12.8 Å². The molecule has 1 amide bonds. The molecule has 5 nitrogen and oxygen atoms in total. The number of nitrogens with zero attached hydrogens (tertiary/aromatic N) is 2. The second kappa shape index (κ2) is 8.38. The summed E-state index contributed by atoms with van der Waals surface area (Å²) in [6.07, 6.45) is 2.47. The molecular formula is C18H22FN3O2. The third kappa shape index (κ3) is 4.50. The summed E-state index contributed by atoms with van der Waals surface area (Å²) in [6.45, 7) is 4.41. The van der Waals surface area contributed by atoms with Crippen molar-refractivity contribution in [2.75, 3.05) is 6.54 Å². The van der Waals surface area contributed by atoms with Crippen LogP contribution in [0.2, 0.25) is 0 Å². The number of rotatable bonds is 7. The number of hydrogen-bond acceptors (Lipinski definition) is 3. The van der Waals surface area contributed by atoms with E-state index in [1.165, 1.54) is 22.8 Å². The number of amides is 1. The van der Waals surface area contributed by atoms with E-state index < -0.39 is 0 Å². The lowest BCUT2D eigenvalue weighted by Gasteiger charge is -2.13. The Kier molecular flexibility index (Phi) is 6.23. The molecule has 0 aliphatic carbocycles. The second-order valence-corrected chi connectivity index (χ2v) is 5.56. The Balaban J connectivity index is 2.37. The number of carbonyl (C=O) groups is 1. The molecule has 2 aromatic rings. The summed E-state index contributed by atoms with van der Waals surface area (Å²) in [5, 5.41) is 2.79. The van der Waals surface area contributed by atoms with E-state index in [-0.39, 0.29) is 23.8 Å². The molecule has 1 aromatic carbocycles. The van der Waals surface area contributed by atoms with Gasteiger partial charge in [0.1, 0.15) is 18.2 Å². The van der Waals surface area contributed by atoms with E-state index in [9.17, 15) is 14.0 Å². The molecule has 0 radical (unpaired) electrons. The van der Waals surface area contributed by atoms with Crippen molar-refractivity contribution >= 4 is 5.91 Å². The van der Waals surface area contributed by atoms with Crippen LogP contribution in [-0.4, -0.2) is 22.0 Å². The van der Waals surface area contributed by atoms with Crippen LogP contribution in [0.15, 0.2) is 35.1 Å². The smallest absolute Gasteiger partial charge is 0.254 e. The number of nitrogens with one attached hydrogen (secondary N) is 1. The van der Waals surface area contributed by atoms with Crippen LogP contribution in [0, 0.1) is 5.82 Å². The Morgan fingerprint density at radius 2 is 1.96 bits per heavy atom. The number of aromatic nitrogens is 2. The van der Waals surface area contributed by atoms with Crippen LogP contribution in [0.1, 0.15) is 32.4 Å². The summed E-state index contributed by atoms with van der Waals surface area (Å²) in [5.74, 6) is -0.221. The normalized spacial score (nSPS) is 10.6. The van der Waals surface area contributed by atoms with Gasteiger partial charge in [-0.05, 0) is 37.1 Å². The third-order valence-corrected chi connectivity index (χ3v) is 3.68. The van der Waals surface area contributed by atoms with E-state index >= 15 is 0 Å². The van der Waals surface area contributed by atoms with Gasteiger partial charge in [-0.1, -0.05) is 20.3 Å². The van der Waals surface area contributed by atoms with Crippen LogP contribution >= 0.6 is 0 Å². The van der Waals surface area contributed by atoms with Crippen molar-refractivity contribution in [3.05, 3.63) is 52.2 Å². The van der Waals surface area contributed by atoms with Crippen LogP contribution < -0.4 is 10.9 Å². The first-order valence-corrected chi connectivity index (χ1v) is 8.18. The maximum atomic E-state index is 13.2. The fraction of sp³-hybridized carbons (Fsp3) is 0.389. The number of hydrogen-bond donors (Lipinski definition) is 1. The minimum atomic E-state index is -0.364. The molecule has 128 valence electrons. The van der Waals surface area contributed by atoms with Crippen molar-refractivity contribution in [1.82, 2.24) is 14.9 Å². The van der Waals surface area contributed by atoms with Crippen molar-refractivity contribution < 1.29 is 9.18 Å². The fourth-order valence-corrected chi connectivity index (χ4v) is 2.31. The lowest BCUT2D eigenvalue weighted by molar-refractivity contribution is -0.121. The number of aryl methyl sites for hydroxylation is 1. The van der Waals surface area contributed by atoms with E-state index in [4.69, 9.17) is 0 Å². The van der Waals surface area contributed by atoms with Gasteiger partial charge in [-0.15, -0.1) is 0 Å². The average molecular weight is 331 g/mol. The molecule has 1 heterocycles. The predicted octanol–water partition coefficient (Wildman–Crippen LogP) is 2.53. The Bertz CT molecular complexity index is 754. The predicted molar refractivity (Wildman–Crippen MR) is 91.2 cm³/mol. The zero-order valence-electron chi connectivity index (χ0n) is 14.0. The summed E-state index contributed by atoms with van der Waals surface area (Å²) in [4.78, 5) is 28.9. The Morgan fingerprint density at radius 1 is 1.25 bits per heavy atom. The lowest BCUT2D eigenvalue weighted by atomic mass is 10.2. The summed E-state index contributed by atoms with van der Waals surface area (Å²) in [7, 11) is 0. The minimum Gasteiger partial charge on any atom is -0.355 e. The highest BCUT2D eigenvalue weighted by molar-refractivity contribution is 5.76. The van der Waals surface area contributed by atoms with Crippen LogP contribution in [0.5, 0.6) is 0 Å². The maximum Gasteiger partial charge on any atom is 0.254 e. The first-order valence-electron chi connectivity index (χ1n) is 8.18. The molecule has 1 aromatic heterocycles. The van der Waals surface area contributed by atoms with Crippen molar-refractivity contribution in [3.8, 4) is 11.4 Å². The zero-order chi connectivity index (χ0) is 17.5. The van der Waals surface area contributed by atoms with Gasteiger partial charge in [-0.25, -0.2) is 9.37 Å². The molecular weight excluding hydrogens is 309 g/mol. The van der Waals surface area contributed by atoms with Gasteiger partial charge in [0.05, 0.1) is 0 Å². The topological polar surface area (TPSA) is 64.0 Å². The van der Waals surface area contributed by atoms with Crippen LogP contribution in [-0.2, 0) is 17.8 Å². The van der Waals surface area contributed by atoms with Gasteiger partial charge in [0, 0.05) is 23.9 Å². The van der Waals surface area contributed by atoms with Crippen molar-refractivity contribution in [2.45, 2.75) is 39.7 Å². The Labute approximate surface area is 140 Å². The maximum absolute atomic E-state index is 13.2. The SMILES string of the molecule is CCCCNC(=O)Cn1c(-c2ccc(F)cc2)nc(CC)cc1=O. The molecule has 0 aliphatic rings. The second-order valence-electron chi connectivity index (χ2n) is 5.56. The molecule has 2 rings (SSSR count). The van der Waals surface area contributed by atoms with Gasteiger partial charge < -0.3 is 5.32 Å². The standard InChI is InChI=1S/C18H22FN3O2/c1-3-5-10-20-16(23)12-22-17(24)11-15(4-2)21-18(22)13-6-8-14(19)9-7-13/h6-9,11H,3-5,10,12H2,1-2H3,(H,20,23). The third-order valence-electron chi connectivity index (χ3n) is 3.68. The zero-order valence-corrected chi connectivity index (χ0v) is 14.0. The van der Waals surface area contributed by atoms with E-state index in [1.54, 1.807) is 12.1 Å². The van der Waals surface area contributed by atoms with Crippen molar-refractivity contribution in [3.63, 3.8) is 0 Å². The quantitative estimate of drug-likeness (QED) is 0.793. The molecule has 0 unspecified atom stereocenters. The van der Waals surface area contributed by atoms with Crippen molar-refractivity contribution in [2.24, 2.45) is 0 Å². The van der Waals surface area contributed by atoms with Crippen LogP contribution in [0.3, 0.4) is 0 Å². The molecule has 0 bridgehead atoms. The molecule has 1 N–H and O–H groups in total. The van der Waals surface area contributed by atoms with Gasteiger partial charge in [-0.3, -0.25) is 14.2 Å². The van der Waals surface area contributed by atoms with Crippen molar-refractivity contribution in [1.29, 1.82) is 0 Å². The summed E-state index contributed by atoms with van der Waals surface area (Å²) in [5.41, 5.74) is 0.957. The van der Waals surface area contributed by atoms with Crippen LogP contribution in [0.4, 0.5) is 4.39 Å². The monoisotopic (exact) mass is 331 g/mol. The fourth-order valence-electron chi connectivity index (χ4n) is 2.31. The number of carbonyl (C=O) groups excluding carboxylic acids is 1. The molecule has 24 heavy (non-hydrogen) atoms. The highest BCUT2D eigenvalue weighted by Gasteiger charge is 2.13. The summed E-state index contributed by atoms with van der Waals surface area (Å²) >= 11 is 0. The largest absolute Gasteiger partial charge is 0.355 e. The van der Waals surface area contributed by atoms with Gasteiger partial charge in [0.25, 0.3) is 5.56 Å². The molecule has 0 saturated heterocycles. The van der Waals surface area contributed by atoms with Gasteiger partial charge in [0.15, 0.2) is 0 Å². The van der Waals surface area contributed by atoms with Gasteiger partial charge in [-0.2, -0.15) is 0 Å². The highest BCUT2D eigenvalue weighted by atomic mass is 19.1. The summed E-state index contributed by atoms with van der Waals surface area (Å²) < 4.78 is 14.5. The first kappa shape index (κ1) is 17.8. The number of benzene rings is 1. The molecule has 0 saturated carbocycles. The first-order chi connectivity index (χ1) is 11.5. The number of halogens is 1. The lowest BCUT2D eigenvalue weighted by Crippen LogP contribution is -2.34. The van der Waals surface area contributed by atoms with E-state index in [1.807, 2.05) is 13.8 Å². The van der Waals surface area contributed by atoms with E-state index in [0.29, 0.717) is 30.0 Å². The molecule has 0 atom stereocenters. The summed E-state index contributed by atoms with van der Waals surface area (Å²) in [6, 6.07) is 7.17. The van der Waals surface area contributed by atoms with Gasteiger partial charge >= 0.3 is 0 Å². The molecule has 6 heteroatoms. The van der Waals surface area contributed by atoms with Crippen LogP contribution in [0.25, 0.3) is 11.4 Å². The molecule has 0 aliphatic heterocycles. The molecule has 0 spiro atoms. The van der Waals surface area contributed by atoms with Gasteiger partial charge in [0.2, 0.25) is 5.91 Å². The van der Waals surface area contributed by atoms with E-state index in [2.05, 4.69) is 10.3 Å². The Hall–Kier alpha value is -2.50. The average Bonchev–Trinajstić information content (AvgIpc) is 2.57. The molecule has 0 fully saturated rings. The highest BCUT2D eigenvalue weighted by Crippen LogP contribution is 2.17.